The molecule has 2 heterocycles. The predicted octanol–water partition coefficient (Wildman–Crippen LogP) is 1.67. The fourth-order valence-electron chi connectivity index (χ4n) is 3.32. The van der Waals surface area contributed by atoms with E-state index >= 15 is 0 Å². The number of aryl methyl sites for hydroxylation is 1. The zero-order chi connectivity index (χ0) is 15.9. The van der Waals surface area contributed by atoms with Crippen LogP contribution in [0.1, 0.15) is 63.7 Å². The molecule has 0 spiro atoms. The first-order chi connectivity index (χ1) is 10.5. The molecule has 122 valence electrons. The third kappa shape index (κ3) is 2.96. The van der Waals surface area contributed by atoms with Crippen molar-refractivity contribution in [2.24, 2.45) is 13.0 Å². The minimum atomic E-state index is 0.0100. The van der Waals surface area contributed by atoms with Crippen LogP contribution in [-0.4, -0.2) is 38.2 Å². The minimum absolute atomic E-state index is 0.0100. The van der Waals surface area contributed by atoms with Crippen LogP contribution in [0.2, 0.25) is 0 Å². The summed E-state index contributed by atoms with van der Waals surface area (Å²) in [7, 11) is 1.73. The van der Waals surface area contributed by atoms with Crippen LogP contribution in [0, 0.1) is 5.92 Å². The van der Waals surface area contributed by atoms with E-state index in [9.17, 15) is 9.59 Å². The highest BCUT2D eigenvalue weighted by atomic mass is 16.2. The van der Waals surface area contributed by atoms with Crippen molar-refractivity contribution in [3.8, 4) is 0 Å². The molecule has 0 bridgehead atoms. The van der Waals surface area contributed by atoms with Gasteiger partial charge in [-0.25, -0.2) is 9.48 Å². The maximum atomic E-state index is 12.2. The molecular formula is C16H26N4O2. The van der Waals surface area contributed by atoms with Crippen LogP contribution in [0.25, 0.3) is 0 Å². The zero-order valence-electron chi connectivity index (χ0n) is 13.8. The summed E-state index contributed by atoms with van der Waals surface area (Å²) in [5, 5.41) is 4.48. The minimum Gasteiger partial charge on any atom is -0.343 e. The van der Waals surface area contributed by atoms with Gasteiger partial charge in [-0.15, -0.1) is 0 Å². The van der Waals surface area contributed by atoms with E-state index in [2.05, 4.69) is 18.9 Å². The first-order valence-electron chi connectivity index (χ1n) is 8.40. The van der Waals surface area contributed by atoms with E-state index < -0.39 is 0 Å². The molecule has 0 N–H and O–H groups in total. The van der Waals surface area contributed by atoms with Gasteiger partial charge in [0.25, 0.3) is 0 Å². The van der Waals surface area contributed by atoms with Crippen LogP contribution in [0.5, 0.6) is 0 Å². The Hall–Kier alpha value is -1.59. The maximum absolute atomic E-state index is 12.2. The molecule has 1 aromatic heterocycles. The Labute approximate surface area is 131 Å². The summed E-state index contributed by atoms with van der Waals surface area (Å²) in [6.45, 7) is 5.72. The number of hydrogen-bond donors (Lipinski definition) is 0. The van der Waals surface area contributed by atoms with E-state index in [-0.39, 0.29) is 11.6 Å². The Morgan fingerprint density at radius 1 is 1.23 bits per heavy atom. The van der Waals surface area contributed by atoms with Crippen molar-refractivity contribution in [2.75, 3.05) is 13.1 Å². The highest BCUT2D eigenvalue weighted by molar-refractivity contribution is 5.76. The van der Waals surface area contributed by atoms with Crippen molar-refractivity contribution >= 4 is 5.91 Å². The molecule has 1 aromatic rings. The normalized spacial score (nSPS) is 19.9. The van der Waals surface area contributed by atoms with E-state index in [1.807, 2.05) is 9.47 Å². The molecule has 0 unspecified atom stereocenters. The van der Waals surface area contributed by atoms with Gasteiger partial charge in [0.15, 0.2) is 0 Å². The van der Waals surface area contributed by atoms with Gasteiger partial charge in [-0.1, -0.05) is 13.8 Å². The van der Waals surface area contributed by atoms with Gasteiger partial charge in [-0.05, 0) is 31.6 Å². The summed E-state index contributed by atoms with van der Waals surface area (Å²) in [6.07, 6.45) is 4.62. The van der Waals surface area contributed by atoms with Gasteiger partial charge in [0.05, 0.1) is 0 Å². The fraction of sp³-hybridized carbons (Fsp3) is 0.812. The molecule has 3 rings (SSSR count). The summed E-state index contributed by atoms with van der Waals surface area (Å²) < 4.78 is 3.36. The highest BCUT2D eigenvalue weighted by Crippen LogP contribution is 2.37. The molecule has 0 atom stereocenters. The average Bonchev–Trinajstić information content (AvgIpc) is 3.26. The lowest BCUT2D eigenvalue weighted by molar-refractivity contribution is -0.133. The summed E-state index contributed by atoms with van der Waals surface area (Å²) in [5.74, 6) is 1.90. The molecule has 1 aliphatic heterocycles. The number of aromatic nitrogens is 3. The molecule has 2 aliphatic rings. The fourth-order valence-corrected chi connectivity index (χ4v) is 3.32. The third-order valence-corrected chi connectivity index (χ3v) is 4.69. The number of carbonyl (C=O) groups excluding carboxylic acids is 1. The Balaban J connectivity index is 1.68. The Morgan fingerprint density at radius 2 is 1.86 bits per heavy atom. The average molecular weight is 306 g/mol. The molecule has 1 saturated carbocycles. The molecule has 0 radical (unpaired) electrons. The number of carbonyl (C=O) groups is 1. The van der Waals surface area contributed by atoms with Gasteiger partial charge in [-0.2, -0.15) is 5.10 Å². The molecule has 6 heteroatoms. The van der Waals surface area contributed by atoms with E-state index in [4.69, 9.17) is 0 Å². The van der Waals surface area contributed by atoms with Crippen LogP contribution >= 0.6 is 0 Å². The number of nitrogens with zero attached hydrogens (tertiary/aromatic N) is 4. The lowest BCUT2D eigenvalue weighted by Crippen LogP contribution is -2.39. The quantitative estimate of drug-likeness (QED) is 0.850. The lowest BCUT2D eigenvalue weighted by Gasteiger charge is -2.32. The van der Waals surface area contributed by atoms with Crippen LogP contribution in [0.15, 0.2) is 4.79 Å². The second kappa shape index (κ2) is 5.89. The van der Waals surface area contributed by atoms with Crippen LogP contribution in [0.3, 0.4) is 0 Å². The topological polar surface area (TPSA) is 60.1 Å². The van der Waals surface area contributed by atoms with Gasteiger partial charge in [-0.3, -0.25) is 9.36 Å². The second-order valence-electron chi connectivity index (χ2n) is 7.12. The molecule has 1 amide bonds. The Kier molecular flexibility index (Phi) is 4.10. The molecule has 1 saturated heterocycles. The molecule has 22 heavy (non-hydrogen) atoms. The number of hydrogen-bond acceptors (Lipinski definition) is 3. The first kappa shape index (κ1) is 15.3. The second-order valence-corrected chi connectivity index (χ2v) is 7.12. The van der Waals surface area contributed by atoms with Gasteiger partial charge in [0.1, 0.15) is 5.82 Å². The smallest absolute Gasteiger partial charge is 0.343 e. The standard InChI is InChI=1S/C16H26N4O2/c1-11(2)10-14(21)19-8-6-12(7-9-19)15-17-18(3)16(22)20(15)13-4-5-13/h11-13H,4-10H2,1-3H3. The summed E-state index contributed by atoms with van der Waals surface area (Å²) >= 11 is 0. The summed E-state index contributed by atoms with van der Waals surface area (Å²) in [5.41, 5.74) is 0.0100. The zero-order valence-corrected chi connectivity index (χ0v) is 13.8. The Bertz CT molecular complexity index is 604. The monoisotopic (exact) mass is 306 g/mol. The number of rotatable bonds is 4. The SMILES string of the molecule is CC(C)CC(=O)N1CCC(c2nn(C)c(=O)n2C2CC2)CC1. The molecular weight excluding hydrogens is 280 g/mol. The van der Waals surface area contributed by atoms with Crippen molar-refractivity contribution in [1.82, 2.24) is 19.2 Å². The van der Waals surface area contributed by atoms with E-state index in [1.54, 1.807) is 7.05 Å². The van der Waals surface area contributed by atoms with Crippen molar-refractivity contribution < 1.29 is 4.79 Å². The maximum Gasteiger partial charge on any atom is 0.345 e. The largest absolute Gasteiger partial charge is 0.345 e. The van der Waals surface area contributed by atoms with Crippen molar-refractivity contribution in [3.05, 3.63) is 16.3 Å². The predicted molar refractivity (Wildman–Crippen MR) is 83.7 cm³/mol. The van der Waals surface area contributed by atoms with Crippen LogP contribution in [-0.2, 0) is 11.8 Å². The summed E-state index contributed by atoms with van der Waals surface area (Å²) in [4.78, 5) is 26.3. The number of amides is 1. The van der Waals surface area contributed by atoms with Crippen molar-refractivity contribution in [3.63, 3.8) is 0 Å². The molecule has 6 nitrogen and oxygen atoms in total. The summed E-state index contributed by atoms with van der Waals surface area (Å²) in [6, 6.07) is 0.358. The van der Waals surface area contributed by atoms with Gasteiger partial charge in [0.2, 0.25) is 5.91 Å². The van der Waals surface area contributed by atoms with E-state index in [1.165, 1.54) is 4.68 Å². The molecule has 1 aliphatic carbocycles. The van der Waals surface area contributed by atoms with Crippen LogP contribution in [0.4, 0.5) is 0 Å². The van der Waals surface area contributed by atoms with E-state index in [0.29, 0.717) is 24.3 Å². The number of likely N-dealkylation sites (tertiary alicyclic amines) is 1. The van der Waals surface area contributed by atoms with Crippen LogP contribution < -0.4 is 5.69 Å². The molecule has 2 fully saturated rings. The Morgan fingerprint density at radius 3 is 2.41 bits per heavy atom. The van der Waals surface area contributed by atoms with E-state index in [0.717, 1.165) is 44.6 Å². The highest BCUT2D eigenvalue weighted by Gasteiger charge is 2.34. The lowest BCUT2D eigenvalue weighted by atomic mass is 9.95. The van der Waals surface area contributed by atoms with Crippen molar-refractivity contribution in [1.29, 1.82) is 0 Å². The first-order valence-corrected chi connectivity index (χ1v) is 8.40. The van der Waals surface area contributed by atoms with Gasteiger partial charge in [0, 0.05) is 38.5 Å². The van der Waals surface area contributed by atoms with Gasteiger partial charge < -0.3 is 4.90 Å². The van der Waals surface area contributed by atoms with Gasteiger partial charge >= 0.3 is 5.69 Å². The third-order valence-electron chi connectivity index (χ3n) is 4.69. The van der Waals surface area contributed by atoms with Crippen molar-refractivity contribution in [2.45, 2.75) is 57.9 Å². The number of piperidine rings is 1. The molecule has 0 aromatic carbocycles.